The standard InChI is InChI=1S/C15H25N3/c1-3-14-6-4-5-9-18(14)15-12(2)10-13(7-8-16)11-17-15/h10-11,14H,3-9,16H2,1-2H3. The Kier molecular flexibility index (Phi) is 4.59. The second-order valence-corrected chi connectivity index (χ2v) is 5.27. The fourth-order valence-electron chi connectivity index (χ4n) is 2.93. The third-order valence-corrected chi connectivity index (χ3v) is 3.91. The highest BCUT2D eigenvalue weighted by atomic mass is 15.2. The monoisotopic (exact) mass is 247 g/mol. The van der Waals surface area contributed by atoms with Crippen LogP contribution in [-0.4, -0.2) is 24.1 Å². The largest absolute Gasteiger partial charge is 0.353 e. The minimum Gasteiger partial charge on any atom is -0.353 e. The molecule has 1 atom stereocenters. The molecular formula is C15H25N3. The lowest BCUT2D eigenvalue weighted by molar-refractivity contribution is 0.446. The van der Waals surface area contributed by atoms with E-state index in [1.54, 1.807) is 0 Å². The number of pyridine rings is 1. The maximum absolute atomic E-state index is 5.60. The van der Waals surface area contributed by atoms with E-state index in [1.807, 2.05) is 6.20 Å². The van der Waals surface area contributed by atoms with Crippen LogP contribution in [-0.2, 0) is 6.42 Å². The first kappa shape index (κ1) is 13.3. The van der Waals surface area contributed by atoms with E-state index in [-0.39, 0.29) is 0 Å². The first-order valence-corrected chi connectivity index (χ1v) is 7.18. The van der Waals surface area contributed by atoms with Crippen molar-refractivity contribution in [3.05, 3.63) is 23.4 Å². The van der Waals surface area contributed by atoms with E-state index < -0.39 is 0 Å². The van der Waals surface area contributed by atoms with Crippen molar-refractivity contribution in [2.75, 3.05) is 18.0 Å². The first-order valence-electron chi connectivity index (χ1n) is 7.18. The number of anilines is 1. The number of hydrogen-bond acceptors (Lipinski definition) is 3. The van der Waals surface area contributed by atoms with Crippen LogP contribution >= 0.6 is 0 Å². The number of piperidine rings is 1. The van der Waals surface area contributed by atoms with Crippen LogP contribution in [0.25, 0.3) is 0 Å². The fourth-order valence-corrected chi connectivity index (χ4v) is 2.93. The zero-order valence-electron chi connectivity index (χ0n) is 11.7. The minimum absolute atomic E-state index is 0.672. The summed E-state index contributed by atoms with van der Waals surface area (Å²) in [5, 5.41) is 0. The molecule has 0 spiro atoms. The van der Waals surface area contributed by atoms with Crippen LogP contribution in [0.3, 0.4) is 0 Å². The van der Waals surface area contributed by atoms with E-state index >= 15 is 0 Å². The van der Waals surface area contributed by atoms with E-state index in [0.717, 1.165) is 13.0 Å². The Balaban J connectivity index is 2.21. The van der Waals surface area contributed by atoms with Gasteiger partial charge in [-0.1, -0.05) is 13.0 Å². The summed E-state index contributed by atoms with van der Waals surface area (Å²) in [6, 6.07) is 2.92. The Hall–Kier alpha value is -1.09. The molecule has 0 bridgehead atoms. The van der Waals surface area contributed by atoms with E-state index in [1.165, 1.54) is 42.6 Å². The molecule has 3 nitrogen and oxygen atoms in total. The molecule has 0 amide bonds. The van der Waals surface area contributed by atoms with Gasteiger partial charge in [0.05, 0.1) is 0 Å². The predicted octanol–water partition coefficient (Wildman–Crippen LogP) is 2.66. The van der Waals surface area contributed by atoms with E-state index in [9.17, 15) is 0 Å². The Morgan fingerprint density at radius 1 is 1.44 bits per heavy atom. The lowest BCUT2D eigenvalue weighted by atomic mass is 9.99. The molecule has 2 N–H and O–H groups in total. The van der Waals surface area contributed by atoms with Gasteiger partial charge in [-0.05, 0) is 56.7 Å². The highest BCUT2D eigenvalue weighted by molar-refractivity contribution is 5.48. The summed E-state index contributed by atoms with van der Waals surface area (Å²) in [6.07, 6.45) is 8.09. The van der Waals surface area contributed by atoms with E-state index in [2.05, 4.69) is 29.8 Å². The summed E-state index contributed by atoms with van der Waals surface area (Å²) < 4.78 is 0. The van der Waals surface area contributed by atoms with Gasteiger partial charge in [0.2, 0.25) is 0 Å². The number of aryl methyl sites for hydroxylation is 1. The molecule has 1 aliphatic heterocycles. The van der Waals surface area contributed by atoms with Crippen molar-refractivity contribution in [3.63, 3.8) is 0 Å². The Bertz CT molecular complexity index is 389. The van der Waals surface area contributed by atoms with Crippen LogP contribution in [0.15, 0.2) is 12.3 Å². The van der Waals surface area contributed by atoms with Gasteiger partial charge < -0.3 is 10.6 Å². The third-order valence-electron chi connectivity index (χ3n) is 3.91. The summed E-state index contributed by atoms with van der Waals surface area (Å²) in [4.78, 5) is 7.19. The van der Waals surface area contributed by atoms with Gasteiger partial charge >= 0.3 is 0 Å². The molecule has 1 aromatic rings. The van der Waals surface area contributed by atoms with Gasteiger partial charge in [-0.2, -0.15) is 0 Å². The van der Waals surface area contributed by atoms with Crippen LogP contribution in [0.2, 0.25) is 0 Å². The van der Waals surface area contributed by atoms with Crippen molar-refractivity contribution in [3.8, 4) is 0 Å². The van der Waals surface area contributed by atoms with Crippen LogP contribution in [0.4, 0.5) is 5.82 Å². The number of aromatic nitrogens is 1. The van der Waals surface area contributed by atoms with Gasteiger partial charge in [-0.15, -0.1) is 0 Å². The maximum atomic E-state index is 5.60. The average molecular weight is 247 g/mol. The van der Waals surface area contributed by atoms with Crippen molar-refractivity contribution in [2.24, 2.45) is 5.73 Å². The van der Waals surface area contributed by atoms with Crippen molar-refractivity contribution in [1.29, 1.82) is 0 Å². The quantitative estimate of drug-likeness (QED) is 0.889. The molecule has 0 saturated carbocycles. The molecule has 2 rings (SSSR count). The van der Waals surface area contributed by atoms with Crippen molar-refractivity contribution in [1.82, 2.24) is 4.98 Å². The zero-order valence-corrected chi connectivity index (χ0v) is 11.7. The topological polar surface area (TPSA) is 42.2 Å². The van der Waals surface area contributed by atoms with Crippen molar-refractivity contribution in [2.45, 2.75) is 52.0 Å². The summed E-state index contributed by atoms with van der Waals surface area (Å²) >= 11 is 0. The highest BCUT2D eigenvalue weighted by Crippen LogP contribution is 2.27. The Morgan fingerprint density at radius 3 is 2.94 bits per heavy atom. The van der Waals surface area contributed by atoms with Crippen LogP contribution in [0.5, 0.6) is 0 Å². The minimum atomic E-state index is 0.672. The molecule has 0 radical (unpaired) electrons. The highest BCUT2D eigenvalue weighted by Gasteiger charge is 2.23. The molecule has 0 aliphatic carbocycles. The molecule has 3 heteroatoms. The molecule has 18 heavy (non-hydrogen) atoms. The SMILES string of the molecule is CCC1CCCCN1c1ncc(CCN)cc1C. The Labute approximate surface area is 110 Å². The number of rotatable bonds is 4. The molecule has 1 aliphatic rings. The molecule has 2 heterocycles. The first-order chi connectivity index (χ1) is 8.76. The second-order valence-electron chi connectivity index (χ2n) is 5.27. The number of nitrogens with two attached hydrogens (primary N) is 1. The van der Waals surface area contributed by atoms with Crippen LogP contribution < -0.4 is 10.6 Å². The lowest BCUT2D eigenvalue weighted by Gasteiger charge is -2.37. The number of nitrogens with zero attached hydrogens (tertiary/aromatic N) is 2. The third kappa shape index (κ3) is 2.83. The molecule has 1 unspecified atom stereocenters. The fraction of sp³-hybridized carbons (Fsp3) is 0.667. The number of hydrogen-bond donors (Lipinski definition) is 1. The molecule has 100 valence electrons. The summed E-state index contributed by atoms with van der Waals surface area (Å²) in [5.41, 5.74) is 8.14. The van der Waals surface area contributed by atoms with Gasteiger partial charge in [0.1, 0.15) is 5.82 Å². The summed E-state index contributed by atoms with van der Waals surface area (Å²) in [5.74, 6) is 1.18. The summed E-state index contributed by atoms with van der Waals surface area (Å²) in [7, 11) is 0. The van der Waals surface area contributed by atoms with Gasteiger partial charge in [0, 0.05) is 18.8 Å². The molecule has 1 aromatic heterocycles. The molecule has 1 saturated heterocycles. The molecular weight excluding hydrogens is 222 g/mol. The predicted molar refractivity (Wildman–Crippen MR) is 77.0 cm³/mol. The smallest absolute Gasteiger partial charge is 0.131 e. The van der Waals surface area contributed by atoms with Gasteiger partial charge in [0.25, 0.3) is 0 Å². The van der Waals surface area contributed by atoms with E-state index in [4.69, 9.17) is 5.73 Å². The average Bonchev–Trinajstić information content (AvgIpc) is 2.39. The lowest BCUT2D eigenvalue weighted by Crippen LogP contribution is -2.40. The normalized spacial score (nSPS) is 20.2. The van der Waals surface area contributed by atoms with Gasteiger partial charge in [-0.25, -0.2) is 4.98 Å². The maximum Gasteiger partial charge on any atom is 0.131 e. The van der Waals surface area contributed by atoms with Crippen molar-refractivity contribution < 1.29 is 0 Å². The Morgan fingerprint density at radius 2 is 2.28 bits per heavy atom. The van der Waals surface area contributed by atoms with Crippen molar-refractivity contribution >= 4 is 5.82 Å². The van der Waals surface area contributed by atoms with Crippen LogP contribution in [0.1, 0.15) is 43.7 Å². The van der Waals surface area contributed by atoms with Gasteiger partial charge in [-0.3, -0.25) is 0 Å². The van der Waals surface area contributed by atoms with Gasteiger partial charge in [0.15, 0.2) is 0 Å². The van der Waals surface area contributed by atoms with Crippen LogP contribution in [0, 0.1) is 6.92 Å². The molecule has 1 fully saturated rings. The van der Waals surface area contributed by atoms with E-state index in [0.29, 0.717) is 12.6 Å². The second kappa shape index (κ2) is 6.19. The molecule has 0 aromatic carbocycles. The summed E-state index contributed by atoms with van der Waals surface area (Å²) in [6.45, 7) is 6.30. The zero-order chi connectivity index (χ0) is 13.0.